The normalized spacial score (nSPS) is 13.5. The molecule has 0 saturated heterocycles. The van der Waals surface area contributed by atoms with Gasteiger partial charge in [0.15, 0.2) is 11.6 Å². The van der Waals surface area contributed by atoms with Crippen LogP contribution in [0.3, 0.4) is 0 Å². The van der Waals surface area contributed by atoms with Gasteiger partial charge < -0.3 is 9.47 Å². The lowest BCUT2D eigenvalue weighted by atomic mass is 9.98. The molecule has 4 heteroatoms. The molecule has 184 valence electrons. The van der Waals surface area contributed by atoms with Gasteiger partial charge in [-0.25, -0.2) is 0 Å². The molecule has 0 radical (unpaired) electrons. The Balaban J connectivity index is 1.15. The molecule has 1 atom stereocenters. The maximum Gasteiger partial charge on any atom is 0.193 e. The van der Waals surface area contributed by atoms with E-state index in [0.717, 1.165) is 49.2 Å². The van der Waals surface area contributed by atoms with Crippen LogP contribution in [-0.2, 0) is 0 Å². The number of unbranched alkanes of at least 4 members (excludes halogenated alkanes) is 1. The molecule has 0 aromatic heterocycles. The average Bonchev–Trinajstić information content (AvgIpc) is 2.94. The quantitative estimate of drug-likeness (QED) is 0.200. The third kappa shape index (κ3) is 7.05. The summed E-state index contributed by atoms with van der Waals surface area (Å²) in [5, 5.41) is 0. The van der Waals surface area contributed by atoms with Gasteiger partial charge in [0, 0.05) is 22.3 Å². The largest absolute Gasteiger partial charge is 0.494 e. The topological polar surface area (TPSA) is 52.6 Å². The van der Waals surface area contributed by atoms with E-state index in [4.69, 9.17) is 9.47 Å². The standard InChI is InChI=1S/C32H32O4/c1-24(36-30-21-17-28(18-22-30)32(34)26-13-6-3-7-14-26)10-8-9-23-35-29-19-15-27(16-20-29)31(33)25-11-4-2-5-12-25/h3-4,6-7,11-22,24H,2,5,8-10,23H2,1H3. The Kier molecular flexibility index (Phi) is 8.87. The van der Waals surface area contributed by atoms with Gasteiger partial charge in [0.25, 0.3) is 0 Å². The summed E-state index contributed by atoms with van der Waals surface area (Å²) < 4.78 is 11.9. The van der Waals surface area contributed by atoms with Crippen LogP contribution >= 0.6 is 0 Å². The Morgan fingerprint density at radius 3 is 2.06 bits per heavy atom. The van der Waals surface area contributed by atoms with E-state index < -0.39 is 0 Å². The highest BCUT2D eigenvalue weighted by Gasteiger charge is 2.12. The summed E-state index contributed by atoms with van der Waals surface area (Å²) in [6.07, 6.45) is 10.7. The van der Waals surface area contributed by atoms with Crippen LogP contribution < -0.4 is 9.47 Å². The summed E-state index contributed by atoms with van der Waals surface area (Å²) in [5.74, 6) is 1.60. The molecule has 3 aromatic rings. The van der Waals surface area contributed by atoms with Crippen molar-refractivity contribution < 1.29 is 19.1 Å². The van der Waals surface area contributed by atoms with Crippen molar-refractivity contribution in [3.8, 4) is 11.5 Å². The summed E-state index contributed by atoms with van der Waals surface area (Å²) in [5.41, 5.74) is 2.78. The summed E-state index contributed by atoms with van der Waals surface area (Å²) in [6.45, 7) is 2.67. The highest BCUT2D eigenvalue weighted by atomic mass is 16.5. The number of carbonyl (C=O) groups is 2. The van der Waals surface area contributed by atoms with Gasteiger partial charge in [-0.2, -0.15) is 0 Å². The number of Topliss-reactive ketones (excluding diaryl/α,β-unsaturated/α-hetero) is 1. The Morgan fingerprint density at radius 1 is 0.750 bits per heavy atom. The van der Waals surface area contributed by atoms with Crippen molar-refractivity contribution in [1.82, 2.24) is 0 Å². The van der Waals surface area contributed by atoms with Gasteiger partial charge in [0.05, 0.1) is 12.7 Å². The summed E-state index contributed by atoms with van der Waals surface area (Å²) in [4.78, 5) is 25.0. The minimum absolute atomic E-state index is 0.00945. The van der Waals surface area contributed by atoms with E-state index in [1.807, 2.05) is 97.1 Å². The first kappa shape index (κ1) is 25.2. The number of rotatable bonds is 12. The minimum atomic E-state index is 0.00945. The van der Waals surface area contributed by atoms with Crippen LogP contribution in [0.25, 0.3) is 0 Å². The lowest BCUT2D eigenvalue weighted by molar-refractivity contribution is 0.103. The molecule has 4 nitrogen and oxygen atoms in total. The second-order valence-corrected chi connectivity index (χ2v) is 8.98. The highest BCUT2D eigenvalue weighted by molar-refractivity contribution is 6.10. The van der Waals surface area contributed by atoms with E-state index in [2.05, 4.69) is 6.92 Å². The SMILES string of the molecule is CC(CCCCOc1ccc(C(=O)C2=CCCC=C2)cc1)Oc1ccc(C(=O)c2ccccc2)cc1. The van der Waals surface area contributed by atoms with E-state index in [-0.39, 0.29) is 17.7 Å². The zero-order chi connectivity index (χ0) is 25.2. The third-order valence-electron chi connectivity index (χ3n) is 6.14. The van der Waals surface area contributed by atoms with Gasteiger partial charge in [0.2, 0.25) is 0 Å². The molecule has 1 aliphatic rings. The molecule has 0 bridgehead atoms. The lowest BCUT2D eigenvalue weighted by Gasteiger charge is -2.15. The number of hydrogen-bond donors (Lipinski definition) is 0. The van der Waals surface area contributed by atoms with Gasteiger partial charge in [-0.05, 0) is 87.6 Å². The van der Waals surface area contributed by atoms with E-state index in [0.29, 0.717) is 23.3 Å². The first-order chi connectivity index (χ1) is 17.6. The van der Waals surface area contributed by atoms with Crippen molar-refractivity contribution in [1.29, 1.82) is 0 Å². The summed E-state index contributed by atoms with van der Waals surface area (Å²) in [7, 11) is 0. The van der Waals surface area contributed by atoms with E-state index in [1.54, 1.807) is 0 Å². The Hall–Kier alpha value is -3.92. The molecule has 3 aromatic carbocycles. The van der Waals surface area contributed by atoms with Crippen molar-refractivity contribution >= 4 is 11.6 Å². The zero-order valence-corrected chi connectivity index (χ0v) is 20.7. The van der Waals surface area contributed by atoms with Gasteiger partial charge >= 0.3 is 0 Å². The Bertz CT molecular complexity index is 1210. The van der Waals surface area contributed by atoms with Crippen LogP contribution in [0.5, 0.6) is 11.5 Å². The first-order valence-corrected chi connectivity index (χ1v) is 12.6. The van der Waals surface area contributed by atoms with Crippen LogP contribution in [0.4, 0.5) is 0 Å². The molecular formula is C32H32O4. The van der Waals surface area contributed by atoms with E-state index in [9.17, 15) is 9.59 Å². The fourth-order valence-corrected chi connectivity index (χ4v) is 4.11. The summed E-state index contributed by atoms with van der Waals surface area (Å²) in [6, 6.07) is 24.0. The van der Waals surface area contributed by atoms with Crippen molar-refractivity contribution in [2.75, 3.05) is 6.61 Å². The van der Waals surface area contributed by atoms with E-state index in [1.165, 1.54) is 0 Å². The van der Waals surface area contributed by atoms with Gasteiger partial charge in [-0.3, -0.25) is 9.59 Å². The zero-order valence-electron chi connectivity index (χ0n) is 20.7. The number of hydrogen-bond acceptors (Lipinski definition) is 4. The van der Waals surface area contributed by atoms with Crippen molar-refractivity contribution in [2.24, 2.45) is 0 Å². The molecule has 36 heavy (non-hydrogen) atoms. The van der Waals surface area contributed by atoms with Crippen molar-refractivity contribution in [3.63, 3.8) is 0 Å². The average molecular weight is 481 g/mol. The Morgan fingerprint density at radius 2 is 1.39 bits per heavy atom. The molecule has 0 aliphatic heterocycles. The second kappa shape index (κ2) is 12.7. The molecule has 0 fully saturated rings. The van der Waals surface area contributed by atoms with Gasteiger partial charge in [-0.15, -0.1) is 0 Å². The van der Waals surface area contributed by atoms with Crippen molar-refractivity contribution in [2.45, 2.75) is 45.1 Å². The van der Waals surface area contributed by atoms with Crippen LogP contribution in [0.1, 0.15) is 65.3 Å². The third-order valence-corrected chi connectivity index (χ3v) is 6.14. The van der Waals surface area contributed by atoms with Crippen LogP contribution in [-0.4, -0.2) is 24.3 Å². The molecule has 0 N–H and O–H groups in total. The highest BCUT2D eigenvalue weighted by Crippen LogP contribution is 2.20. The van der Waals surface area contributed by atoms with Crippen LogP contribution in [0.15, 0.2) is 103 Å². The smallest absolute Gasteiger partial charge is 0.193 e. The second-order valence-electron chi connectivity index (χ2n) is 8.98. The van der Waals surface area contributed by atoms with Crippen LogP contribution in [0.2, 0.25) is 0 Å². The maximum absolute atomic E-state index is 12.5. The van der Waals surface area contributed by atoms with Gasteiger partial charge in [-0.1, -0.05) is 48.6 Å². The fourth-order valence-electron chi connectivity index (χ4n) is 4.11. The van der Waals surface area contributed by atoms with Gasteiger partial charge in [0.1, 0.15) is 11.5 Å². The summed E-state index contributed by atoms with van der Waals surface area (Å²) >= 11 is 0. The minimum Gasteiger partial charge on any atom is -0.494 e. The predicted octanol–water partition coefficient (Wildman–Crippen LogP) is 7.39. The van der Waals surface area contributed by atoms with E-state index >= 15 is 0 Å². The molecule has 0 amide bonds. The number of carbonyl (C=O) groups excluding carboxylic acids is 2. The molecule has 0 heterocycles. The monoisotopic (exact) mass is 480 g/mol. The number of allylic oxidation sites excluding steroid dienone is 4. The molecule has 1 unspecified atom stereocenters. The predicted molar refractivity (Wildman–Crippen MR) is 143 cm³/mol. The van der Waals surface area contributed by atoms with Crippen LogP contribution in [0, 0.1) is 0 Å². The molecular weight excluding hydrogens is 448 g/mol. The first-order valence-electron chi connectivity index (χ1n) is 12.6. The van der Waals surface area contributed by atoms with Crippen molar-refractivity contribution in [3.05, 3.63) is 119 Å². The molecule has 1 aliphatic carbocycles. The lowest BCUT2D eigenvalue weighted by Crippen LogP contribution is -2.12. The number of benzene rings is 3. The number of ketones is 2. The Labute approximate surface area is 213 Å². The number of ether oxygens (including phenoxy) is 2. The molecule has 0 saturated carbocycles. The fraction of sp³-hybridized carbons (Fsp3) is 0.250. The molecule has 4 rings (SSSR count). The maximum atomic E-state index is 12.5. The molecule has 0 spiro atoms.